The molecule has 1 aromatic rings. The molecular weight excluding hydrogens is 338 g/mol. The van der Waals surface area contributed by atoms with Gasteiger partial charge in [-0.05, 0) is 56.6 Å². The van der Waals surface area contributed by atoms with Gasteiger partial charge in [-0.1, -0.05) is 24.3 Å². The van der Waals surface area contributed by atoms with E-state index in [1.165, 1.54) is 17.7 Å². The first kappa shape index (κ1) is 18.1. The number of piperidine rings is 1. The van der Waals surface area contributed by atoms with Gasteiger partial charge < -0.3 is 14.7 Å². The van der Waals surface area contributed by atoms with Crippen LogP contribution >= 0.6 is 0 Å². The van der Waals surface area contributed by atoms with Crippen molar-refractivity contribution < 1.29 is 9.59 Å². The van der Waals surface area contributed by atoms with Crippen LogP contribution in [0.15, 0.2) is 36.0 Å². The van der Waals surface area contributed by atoms with E-state index in [1.54, 1.807) is 9.80 Å². The molecule has 144 valence electrons. The van der Waals surface area contributed by atoms with E-state index in [2.05, 4.69) is 30.0 Å². The maximum atomic E-state index is 12.9. The lowest BCUT2D eigenvalue weighted by Crippen LogP contribution is -2.54. The van der Waals surface area contributed by atoms with Crippen LogP contribution in [0.5, 0.6) is 0 Å². The summed E-state index contributed by atoms with van der Waals surface area (Å²) < 4.78 is 0. The molecule has 1 aromatic carbocycles. The third-order valence-corrected chi connectivity index (χ3v) is 6.23. The molecule has 0 spiro atoms. The van der Waals surface area contributed by atoms with Crippen molar-refractivity contribution >= 4 is 17.5 Å². The number of anilines is 1. The van der Waals surface area contributed by atoms with E-state index in [0.717, 1.165) is 44.5 Å². The average Bonchev–Trinajstić information content (AvgIpc) is 2.73. The highest BCUT2D eigenvalue weighted by Crippen LogP contribution is 2.35. The maximum absolute atomic E-state index is 12.9. The van der Waals surface area contributed by atoms with Crippen LogP contribution < -0.4 is 4.90 Å². The Bertz CT molecular complexity index is 750. The molecule has 2 fully saturated rings. The van der Waals surface area contributed by atoms with Crippen molar-refractivity contribution in [1.82, 2.24) is 9.80 Å². The number of carbonyl (C=O) groups is 2. The van der Waals surface area contributed by atoms with E-state index in [0.29, 0.717) is 25.6 Å². The largest absolute Gasteiger partial charge is 0.368 e. The number of hydrogen-bond acceptors (Lipinski definition) is 3. The Hall–Kier alpha value is -2.30. The molecule has 0 bridgehead atoms. The smallest absolute Gasteiger partial charge is 0.316 e. The molecule has 5 nitrogen and oxygen atoms in total. The Morgan fingerprint density at radius 2 is 1.67 bits per heavy atom. The van der Waals surface area contributed by atoms with Gasteiger partial charge in [0.2, 0.25) is 0 Å². The fourth-order valence-electron chi connectivity index (χ4n) is 4.71. The molecule has 3 aliphatic rings. The normalized spacial score (nSPS) is 22.9. The molecule has 0 saturated carbocycles. The molecule has 2 saturated heterocycles. The SMILES string of the molecule is Cc1ccccc1N1CCN(C(=O)C(=O)N2CCCC3CCCC=C32)CC1. The number of piperazine rings is 1. The molecule has 1 unspecified atom stereocenters. The third-order valence-electron chi connectivity index (χ3n) is 6.23. The third kappa shape index (κ3) is 3.60. The summed E-state index contributed by atoms with van der Waals surface area (Å²) in [6.07, 6.45) is 7.72. The van der Waals surface area contributed by atoms with Gasteiger partial charge in [0.25, 0.3) is 0 Å². The maximum Gasteiger partial charge on any atom is 0.316 e. The minimum Gasteiger partial charge on any atom is -0.368 e. The Morgan fingerprint density at radius 1 is 0.926 bits per heavy atom. The monoisotopic (exact) mass is 367 g/mol. The van der Waals surface area contributed by atoms with Gasteiger partial charge in [-0.25, -0.2) is 0 Å². The Kier molecular flexibility index (Phi) is 5.19. The highest BCUT2D eigenvalue weighted by molar-refractivity contribution is 6.35. The molecule has 2 heterocycles. The number of nitrogens with zero attached hydrogens (tertiary/aromatic N) is 3. The topological polar surface area (TPSA) is 43.9 Å². The van der Waals surface area contributed by atoms with E-state index >= 15 is 0 Å². The summed E-state index contributed by atoms with van der Waals surface area (Å²) in [6, 6.07) is 8.33. The van der Waals surface area contributed by atoms with Crippen LogP contribution in [0.25, 0.3) is 0 Å². The standard InChI is InChI=1S/C22H29N3O2/c1-17-7-2-4-10-19(17)23-13-15-24(16-14-23)21(26)22(27)25-12-6-9-18-8-3-5-11-20(18)25/h2,4,7,10-11,18H,3,5-6,8-9,12-16H2,1H3. The van der Waals surface area contributed by atoms with Crippen LogP contribution in [0.4, 0.5) is 5.69 Å². The number of likely N-dealkylation sites (tertiary alicyclic amines) is 1. The lowest BCUT2D eigenvalue weighted by Gasteiger charge is -2.40. The summed E-state index contributed by atoms with van der Waals surface area (Å²) in [7, 11) is 0. The number of fused-ring (bicyclic) bond motifs is 1. The Labute approximate surface area is 161 Å². The van der Waals surface area contributed by atoms with Gasteiger partial charge in [0.1, 0.15) is 0 Å². The number of carbonyl (C=O) groups excluding carboxylic acids is 2. The van der Waals surface area contributed by atoms with Gasteiger partial charge >= 0.3 is 11.8 Å². The quantitative estimate of drug-likeness (QED) is 0.717. The van der Waals surface area contributed by atoms with Crippen molar-refractivity contribution in [2.24, 2.45) is 5.92 Å². The van der Waals surface area contributed by atoms with Crippen LogP contribution in [0.1, 0.15) is 37.7 Å². The summed E-state index contributed by atoms with van der Waals surface area (Å²) in [5, 5.41) is 0. The first-order valence-electron chi connectivity index (χ1n) is 10.3. The number of aryl methyl sites for hydroxylation is 1. The van der Waals surface area contributed by atoms with Crippen molar-refractivity contribution in [3.8, 4) is 0 Å². The van der Waals surface area contributed by atoms with Gasteiger partial charge in [0.15, 0.2) is 0 Å². The minimum atomic E-state index is -0.327. The molecule has 2 amide bonds. The van der Waals surface area contributed by atoms with Gasteiger partial charge in [-0.2, -0.15) is 0 Å². The molecular formula is C22H29N3O2. The summed E-state index contributed by atoms with van der Waals surface area (Å²) >= 11 is 0. The second-order valence-corrected chi connectivity index (χ2v) is 7.92. The fourth-order valence-corrected chi connectivity index (χ4v) is 4.71. The number of rotatable bonds is 1. The second kappa shape index (κ2) is 7.75. The van der Waals surface area contributed by atoms with Crippen molar-refractivity contribution in [2.45, 2.75) is 39.0 Å². The van der Waals surface area contributed by atoms with Crippen molar-refractivity contribution in [2.75, 3.05) is 37.6 Å². The number of benzene rings is 1. The van der Waals surface area contributed by atoms with Crippen LogP contribution in [0.2, 0.25) is 0 Å². The number of allylic oxidation sites excluding steroid dienone is 2. The predicted molar refractivity (Wildman–Crippen MR) is 106 cm³/mol. The molecule has 27 heavy (non-hydrogen) atoms. The highest BCUT2D eigenvalue weighted by Gasteiger charge is 2.36. The van der Waals surface area contributed by atoms with E-state index in [1.807, 2.05) is 12.1 Å². The first-order valence-corrected chi connectivity index (χ1v) is 10.3. The van der Waals surface area contributed by atoms with E-state index in [-0.39, 0.29) is 11.8 Å². The number of amides is 2. The zero-order chi connectivity index (χ0) is 18.8. The second-order valence-electron chi connectivity index (χ2n) is 7.92. The van der Waals surface area contributed by atoms with Crippen LogP contribution in [-0.2, 0) is 9.59 Å². The Balaban J connectivity index is 1.40. The lowest BCUT2D eigenvalue weighted by molar-refractivity contribution is -0.151. The predicted octanol–water partition coefficient (Wildman–Crippen LogP) is 2.95. The summed E-state index contributed by atoms with van der Waals surface area (Å²) in [5.74, 6) is -0.175. The van der Waals surface area contributed by atoms with Gasteiger partial charge in [-0.3, -0.25) is 9.59 Å². The molecule has 5 heteroatoms. The van der Waals surface area contributed by atoms with Crippen LogP contribution in [-0.4, -0.2) is 54.3 Å². The number of hydrogen-bond donors (Lipinski definition) is 0. The lowest BCUT2D eigenvalue weighted by atomic mass is 9.85. The van der Waals surface area contributed by atoms with Crippen molar-refractivity contribution in [1.29, 1.82) is 0 Å². The van der Waals surface area contributed by atoms with E-state index in [9.17, 15) is 9.59 Å². The zero-order valence-electron chi connectivity index (χ0n) is 16.2. The molecule has 2 aliphatic heterocycles. The number of para-hydroxylation sites is 1. The fraction of sp³-hybridized carbons (Fsp3) is 0.545. The van der Waals surface area contributed by atoms with Gasteiger partial charge in [0, 0.05) is 44.1 Å². The molecule has 0 N–H and O–H groups in total. The van der Waals surface area contributed by atoms with Crippen LogP contribution in [0, 0.1) is 12.8 Å². The Morgan fingerprint density at radius 3 is 2.44 bits per heavy atom. The van der Waals surface area contributed by atoms with Crippen molar-refractivity contribution in [3.05, 3.63) is 41.6 Å². The van der Waals surface area contributed by atoms with Gasteiger partial charge in [-0.15, -0.1) is 0 Å². The highest BCUT2D eigenvalue weighted by atomic mass is 16.2. The first-order chi connectivity index (χ1) is 13.1. The minimum absolute atomic E-state index is 0.322. The molecule has 1 aliphatic carbocycles. The molecule has 4 rings (SSSR count). The summed E-state index contributed by atoms with van der Waals surface area (Å²) in [4.78, 5) is 31.6. The molecule has 0 aromatic heterocycles. The van der Waals surface area contributed by atoms with E-state index < -0.39 is 0 Å². The van der Waals surface area contributed by atoms with E-state index in [4.69, 9.17) is 0 Å². The molecule has 0 radical (unpaired) electrons. The van der Waals surface area contributed by atoms with Crippen molar-refractivity contribution in [3.63, 3.8) is 0 Å². The zero-order valence-corrected chi connectivity index (χ0v) is 16.2. The summed E-state index contributed by atoms with van der Waals surface area (Å²) in [5.41, 5.74) is 3.59. The van der Waals surface area contributed by atoms with Crippen LogP contribution in [0.3, 0.4) is 0 Å². The summed E-state index contributed by atoms with van der Waals surface area (Å²) in [6.45, 7) is 5.56. The van der Waals surface area contributed by atoms with Gasteiger partial charge in [0.05, 0.1) is 0 Å². The molecule has 1 atom stereocenters. The average molecular weight is 367 g/mol.